The highest BCUT2D eigenvalue weighted by molar-refractivity contribution is 7.15. The van der Waals surface area contributed by atoms with E-state index in [4.69, 9.17) is 4.74 Å². The molecule has 0 saturated carbocycles. The molecule has 29 heavy (non-hydrogen) atoms. The van der Waals surface area contributed by atoms with Gasteiger partial charge in [-0.2, -0.15) is 0 Å². The molecule has 0 bridgehead atoms. The van der Waals surface area contributed by atoms with Crippen molar-refractivity contribution < 1.29 is 14.3 Å². The Morgan fingerprint density at radius 1 is 1.14 bits per heavy atom. The van der Waals surface area contributed by atoms with E-state index in [1.807, 2.05) is 43.3 Å². The van der Waals surface area contributed by atoms with Crippen LogP contribution in [0.3, 0.4) is 0 Å². The van der Waals surface area contributed by atoms with Crippen LogP contribution < -0.4 is 10.1 Å². The minimum atomic E-state index is -0.591. The van der Waals surface area contributed by atoms with Crippen molar-refractivity contribution in [3.05, 3.63) is 70.2 Å². The lowest BCUT2D eigenvalue weighted by Gasteiger charge is -2.39. The monoisotopic (exact) mass is 408 g/mol. The van der Waals surface area contributed by atoms with E-state index < -0.39 is 12.0 Å². The third-order valence-electron chi connectivity index (χ3n) is 5.08. The normalized spacial score (nSPS) is 18.3. The molecule has 1 N–H and O–H groups in total. The molecule has 0 saturated heterocycles. The molecular weight excluding hydrogens is 388 g/mol. The maximum absolute atomic E-state index is 13.4. The van der Waals surface area contributed by atoms with Crippen molar-refractivity contribution in [1.29, 1.82) is 0 Å². The van der Waals surface area contributed by atoms with Crippen LogP contribution in [0, 0.1) is 6.92 Å². The Balaban J connectivity index is 1.79. The number of fused-ring (bicyclic) bond motifs is 1. The molecule has 148 valence electrons. The van der Waals surface area contributed by atoms with E-state index in [0.717, 1.165) is 10.6 Å². The van der Waals surface area contributed by atoms with Crippen LogP contribution >= 0.6 is 11.3 Å². The maximum atomic E-state index is 13.4. The van der Waals surface area contributed by atoms with Crippen molar-refractivity contribution in [2.75, 3.05) is 19.5 Å². The Kier molecular flexibility index (Phi) is 5.02. The molecule has 1 aliphatic heterocycles. The summed E-state index contributed by atoms with van der Waals surface area (Å²) in [5.41, 5.74) is 2.09. The van der Waals surface area contributed by atoms with Gasteiger partial charge in [-0.05, 0) is 36.2 Å². The molecule has 0 radical (unpaired) electrons. The summed E-state index contributed by atoms with van der Waals surface area (Å²) < 4.78 is 5.24. The summed E-state index contributed by atoms with van der Waals surface area (Å²) in [6, 6.07) is 14.2. The molecule has 1 aliphatic rings. The number of likely N-dealkylation sites (N-methyl/N-ethyl adjacent to an activating group) is 1. The predicted molar refractivity (Wildman–Crippen MR) is 110 cm³/mol. The predicted octanol–water partition coefficient (Wildman–Crippen LogP) is 3.40. The zero-order chi connectivity index (χ0) is 20.5. The lowest BCUT2D eigenvalue weighted by molar-refractivity contribution is -0.119. The fourth-order valence-electron chi connectivity index (χ4n) is 3.70. The number of aromatic nitrogens is 2. The molecule has 0 spiro atoms. The lowest BCUT2D eigenvalue weighted by atomic mass is 9.79. The van der Waals surface area contributed by atoms with E-state index >= 15 is 0 Å². The van der Waals surface area contributed by atoms with Crippen LogP contribution in [0.5, 0.6) is 5.75 Å². The number of amides is 2. The first-order valence-corrected chi connectivity index (χ1v) is 9.92. The number of methoxy groups -OCH3 is 1. The van der Waals surface area contributed by atoms with E-state index in [2.05, 4.69) is 15.5 Å². The maximum Gasteiger partial charge on any atom is 0.254 e. The second-order valence-corrected chi connectivity index (χ2v) is 8.00. The Morgan fingerprint density at radius 2 is 1.86 bits per heavy atom. The van der Waals surface area contributed by atoms with Crippen LogP contribution in [0.25, 0.3) is 0 Å². The number of aryl methyl sites for hydroxylation is 1. The molecule has 0 fully saturated rings. The molecule has 2 aromatic carbocycles. The highest BCUT2D eigenvalue weighted by atomic mass is 32.1. The van der Waals surface area contributed by atoms with Gasteiger partial charge in [0, 0.05) is 12.6 Å². The average Bonchev–Trinajstić information content (AvgIpc) is 3.15. The highest BCUT2D eigenvalue weighted by Gasteiger charge is 2.42. The Hall–Kier alpha value is -3.26. The zero-order valence-corrected chi connectivity index (χ0v) is 17.1. The lowest BCUT2D eigenvalue weighted by Crippen LogP contribution is -2.44. The van der Waals surface area contributed by atoms with Gasteiger partial charge in [0.05, 0.1) is 19.1 Å². The van der Waals surface area contributed by atoms with Gasteiger partial charge in [-0.25, -0.2) is 0 Å². The molecule has 2 atom stereocenters. The van der Waals surface area contributed by atoms with Crippen LogP contribution in [0.15, 0.2) is 48.5 Å². The molecule has 2 amide bonds. The molecular formula is C21H20N4O3S. The van der Waals surface area contributed by atoms with Gasteiger partial charge in [-0.3, -0.25) is 14.9 Å². The van der Waals surface area contributed by atoms with Gasteiger partial charge < -0.3 is 9.64 Å². The second-order valence-electron chi connectivity index (χ2n) is 6.81. The summed E-state index contributed by atoms with van der Waals surface area (Å²) >= 11 is 1.31. The highest BCUT2D eigenvalue weighted by Crippen LogP contribution is 2.42. The van der Waals surface area contributed by atoms with Gasteiger partial charge in [0.1, 0.15) is 10.8 Å². The molecule has 0 unspecified atom stereocenters. The van der Waals surface area contributed by atoms with E-state index in [-0.39, 0.29) is 11.8 Å². The number of ether oxygens (including phenoxy) is 1. The van der Waals surface area contributed by atoms with Gasteiger partial charge in [-0.15, -0.1) is 10.2 Å². The number of nitrogens with one attached hydrogen (secondary N) is 1. The third-order valence-corrected chi connectivity index (χ3v) is 5.83. The van der Waals surface area contributed by atoms with Crippen LogP contribution in [-0.2, 0) is 4.79 Å². The number of hydrogen-bond acceptors (Lipinski definition) is 6. The summed E-state index contributed by atoms with van der Waals surface area (Å²) in [5, 5.41) is 12.0. The number of hydrogen-bond donors (Lipinski definition) is 1. The fourth-order valence-corrected chi connectivity index (χ4v) is 4.30. The number of carbonyl (C=O) groups is 2. The average molecular weight is 408 g/mol. The minimum absolute atomic E-state index is 0.114. The topological polar surface area (TPSA) is 84.4 Å². The molecule has 8 heteroatoms. The summed E-state index contributed by atoms with van der Waals surface area (Å²) in [5.74, 6) is -0.221. The molecule has 3 aromatic rings. The molecule has 1 aromatic heterocycles. The third kappa shape index (κ3) is 3.47. The van der Waals surface area contributed by atoms with Crippen molar-refractivity contribution >= 4 is 28.3 Å². The molecule has 4 rings (SSSR count). The fraction of sp³-hybridized carbons (Fsp3) is 0.238. The van der Waals surface area contributed by atoms with Crippen molar-refractivity contribution in [2.24, 2.45) is 0 Å². The zero-order valence-electron chi connectivity index (χ0n) is 16.2. The summed E-state index contributed by atoms with van der Waals surface area (Å²) in [4.78, 5) is 28.0. The Bertz CT molecular complexity index is 1060. The van der Waals surface area contributed by atoms with Crippen LogP contribution in [0.2, 0.25) is 0 Å². The molecule has 0 aliphatic carbocycles. The summed E-state index contributed by atoms with van der Waals surface area (Å²) in [7, 11) is 3.32. The standard InChI is InChI=1S/C21H20N4O3S/c1-12-23-24-21(29-12)22-19(26)17-15-6-4-5-7-16(15)20(27)25(2)18(17)13-8-10-14(28-3)11-9-13/h4-11,17-18H,1-3H3,(H,22,24,26)/t17-,18-/m1/s1. The van der Waals surface area contributed by atoms with Crippen LogP contribution in [0.4, 0.5) is 5.13 Å². The van der Waals surface area contributed by atoms with E-state index in [9.17, 15) is 9.59 Å². The SMILES string of the molecule is COc1ccc([C@@H]2[C@H](C(=O)Nc3nnc(C)s3)c3ccccc3C(=O)N2C)cc1. The van der Waals surface area contributed by atoms with Gasteiger partial charge in [-0.1, -0.05) is 41.7 Å². The van der Waals surface area contributed by atoms with E-state index in [1.54, 1.807) is 31.2 Å². The van der Waals surface area contributed by atoms with Crippen molar-refractivity contribution in [1.82, 2.24) is 15.1 Å². The number of rotatable bonds is 4. The first-order valence-electron chi connectivity index (χ1n) is 9.10. The van der Waals surface area contributed by atoms with Gasteiger partial charge in [0.25, 0.3) is 5.91 Å². The van der Waals surface area contributed by atoms with Crippen LogP contribution in [-0.4, -0.2) is 41.1 Å². The summed E-state index contributed by atoms with van der Waals surface area (Å²) in [6.45, 7) is 1.83. The smallest absolute Gasteiger partial charge is 0.254 e. The van der Waals surface area contributed by atoms with Crippen LogP contribution in [0.1, 0.15) is 38.5 Å². The Labute approximate surface area is 172 Å². The van der Waals surface area contributed by atoms with E-state index in [1.165, 1.54) is 11.3 Å². The number of nitrogens with zero attached hydrogens (tertiary/aromatic N) is 3. The molecule has 2 heterocycles. The Morgan fingerprint density at radius 3 is 2.52 bits per heavy atom. The van der Waals surface area contributed by atoms with Crippen molar-refractivity contribution in [3.8, 4) is 5.75 Å². The first kappa shape index (κ1) is 19.1. The van der Waals surface area contributed by atoms with Crippen molar-refractivity contribution in [3.63, 3.8) is 0 Å². The number of anilines is 1. The summed E-state index contributed by atoms with van der Waals surface area (Å²) in [6.07, 6.45) is 0. The molecule has 7 nitrogen and oxygen atoms in total. The van der Waals surface area contributed by atoms with Gasteiger partial charge in [0.15, 0.2) is 0 Å². The quantitative estimate of drug-likeness (QED) is 0.715. The minimum Gasteiger partial charge on any atom is -0.497 e. The van der Waals surface area contributed by atoms with E-state index in [0.29, 0.717) is 22.0 Å². The largest absolute Gasteiger partial charge is 0.497 e. The second kappa shape index (κ2) is 7.63. The number of benzene rings is 2. The van der Waals surface area contributed by atoms with Gasteiger partial charge >= 0.3 is 0 Å². The number of carbonyl (C=O) groups excluding carboxylic acids is 2. The van der Waals surface area contributed by atoms with Crippen molar-refractivity contribution in [2.45, 2.75) is 18.9 Å². The van der Waals surface area contributed by atoms with Gasteiger partial charge in [0.2, 0.25) is 11.0 Å². The first-order chi connectivity index (χ1) is 14.0.